The Morgan fingerprint density at radius 1 is 1.38 bits per heavy atom. The zero-order valence-electron chi connectivity index (χ0n) is 11.2. The van der Waals surface area contributed by atoms with Gasteiger partial charge in [0.05, 0.1) is 12.7 Å². The highest BCUT2D eigenvalue weighted by molar-refractivity contribution is 4.80. The summed E-state index contributed by atoms with van der Waals surface area (Å²) in [6.45, 7) is 11.4. The first-order valence-electron chi connectivity index (χ1n) is 6.28. The lowest BCUT2D eigenvalue weighted by Crippen LogP contribution is -2.47. The van der Waals surface area contributed by atoms with Gasteiger partial charge in [-0.2, -0.15) is 0 Å². The van der Waals surface area contributed by atoms with Gasteiger partial charge < -0.3 is 14.6 Å². The number of hydrogen-bond acceptors (Lipinski definition) is 3. The van der Waals surface area contributed by atoms with Crippen molar-refractivity contribution in [1.82, 2.24) is 0 Å². The molecule has 4 atom stereocenters. The van der Waals surface area contributed by atoms with E-state index in [1.54, 1.807) is 0 Å². The molecule has 0 aromatic heterocycles. The second-order valence-electron chi connectivity index (χ2n) is 5.77. The van der Waals surface area contributed by atoms with Gasteiger partial charge in [0.25, 0.3) is 0 Å². The Bertz CT molecular complexity index is 215. The van der Waals surface area contributed by atoms with Gasteiger partial charge >= 0.3 is 0 Å². The lowest BCUT2D eigenvalue weighted by Gasteiger charge is -2.42. The smallest absolute Gasteiger partial charge is 0.163 e. The van der Waals surface area contributed by atoms with Crippen LogP contribution in [0.1, 0.15) is 41.0 Å². The van der Waals surface area contributed by atoms with Gasteiger partial charge in [-0.1, -0.05) is 20.8 Å². The number of ether oxygens (including phenoxy) is 2. The molecule has 0 saturated carbocycles. The number of aliphatic hydroxyl groups excluding tert-OH is 1. The summed E-state index contributed by atoms with van der Waals surface area (Å²) in [5.74, 6) is 0.763. The standard InChI is InChI=1S/C13H26O3/c1-9(7-14)6-10(2)12-11(3)8-15-13(4,5)16-12/h9-12,14H,6-8H2,1-5H3/t9-,10-,11-,12+/m1/s1. The molecule has 1 N–H and O–H groups in total. The van der Waals surface area contributed by atoms with Crippen LogP contribution in [0.3, 0.4) is 0 Å². The Balaban J connectivity index is 2.55. The monoisotopic (exact) mass is 230 g/mol. The molecule has 1 saturated heterocycles. The minimum absolute atomic E-state index is 0.234. The maximum Gasteiger partial charge on any atom is 0.163 e. The van der Waals surface area contributed by atoms with Gasteiger partial charge in [0.15, 0.2) is 5.79 Å². The summed E-state index contributed by atoms with van der Waals surface area (Å²) < 4.78 is 11.6. The molecule has 0 aliphatic carbocycles. The van der Waals surface area contributed by atoms with E-state index in [9.17, 15) is 0 Å². The molecule has 1 aliphatic rings. The second kappa shape index (κ2) is 5.48. The van der Waals surface area contributed by atoms with Crippen molar-refractivity contribution in [2.45, 2.75) is 52.9 Å². The summed E-state index contributed by atoms with van der Waals surface area (Å²) in [5.41, 5.74) is 0. The minimum atomic E-state index is -0.464. The van der Waals surface area contributed by atoms with Crippen molar-refractivity contribution in [2.75, 3.05) is 13.2 Å². The molecule has 0 amide bonds. The average Bonchev–Trinajstić information content (AvgIpc) is 2.21. The molecule has 0 aromatic carbocycles. The SMILES string of the molecule is C[C@@H](CO)C[C@@H](C)[C@@H]1OC(C)(C)OC[C@H]1C. The summed E-state index contributed by atoms with van der Waals surface area (Å²) in [6, 6.07) is 0. The van der Waals surface area contributed by atoms with Gasteiger partial charge in [0.2, 0.25) is 0 Å². The topological polar surface area (TPSA) is 38.7 Å². The maximum absolute atomic E-state index is 9.09. The van der Waals surface area contributed by atoms with E-state index in [-0.39, 0.29) is 12.7 Å². The Morgan fingerprint density at radius 2 is 2.00 bits per heavy atom. The zero-order chi connectivity index (χ0) is 12.3. The molecule has 1 rings (SSSR count). The summed E-state index contributed by atoms with van der Waals surface area (Å²) in [5, 5.41) is 9.09. The highest BCUT2D eigenvalue weighted by Crippen LogP contribution is 2.32. The fourth-order valence-corrected chi connectivity index (χ4v) is 2.43. The van der Waals surface area contributed by atoms with Crippen LogP contribution in [0.15, 0.2) is 0 Å². The predicted molar refractivity (Wildman–Crippen MR) is 64.1 cm³/mol. The van der Waals surface area contributed by atoms with Crippen LogP contribution in [0, 0.1) is 17.8 Å². The van der Waals surface area contributed by atoms with E-state index in [0.29, 0.717) is 17.8 Å². The molecule has 1 heterocycles. The molecule has 96 valence electrons. The molecular formula is C13H26O3. The molecule has 0 aromatic rings. The Morgan fingerprint density at radius 3 is 2.56 bits per heavy atom. The molecule has 3 heteroatoms. The van der Waals surface area contributed by atoms with E-state index in [2.05, 4.69) is 20.8 Å². The third-order valence-electron chi connectivity index (χ3n) is 3.32. The fourth-order valence-electron chi connectivity index (χ4n) is 2.43. The van der Waals surface area contributed by atoms with E-state index >= 15 is 0 Å². The second-order valence-corrected chi connectivity index (χ2v) is 5.77. The first kappa shape index (κ1) is 13.9. The molecule has 0 bridgehead atoms. The van der Waals surface area contributed by atoms with Crippen LogP contribution in [0.5, 0.6) is 0 Å². The van der Waals surface area contributed by atoms with Gasteiger partial charge in [-0.05, 0) is 32.1 Å². The number of aliphatic hydroxyl groups is 1. The molecule has 3 nitrogen and oxygen atoms in total. The summed E-state index contributed by atoms with van der Waals surface area (Å²) in [7, 11) is 0. The van der Waals surface area contributed by atoms with Crippen LogP contribution in [-0.2, 0) is 9.47 Å². The molecule has 0 spiro atoms. The normalized spacial score (nSPS) is 33.4. The quantitative estimate of drug-likeness (QED) is 0.806. The van der Waals surface area contributed by atoms with Crippen molar-refractivity contribution in [1.29, 1.82) is 0 Å². The van der Waals surface area contributed by atoms with Crippen molar-refractivity contribution in [2.24, 2.45) is 17.8 Å². The van der Waals surface area contributed by atoms with Gasteiger partial charge in [0, 0.05) is 12.5 Å². The minimum Gasteiger partial charge on any atom is -0.396 e. The van der Waals surface area contributed by atoms with E-state index < -0.39 is 5.79 Å². The molecular weight excluding hydrogens is 204 g/mol. The Kier molecular flexibility index (Phi) is 4.77. The Labute approximate surface area is 99.1 Å². The van der Waals surface area contributed by atoms with Crippen molar-refractivity contribution < 1.29 is 14.6 Å². The van der Waals surface area contributed by atoms with Crippen molar-refractivity contribution >= 4 is 0 Å². The third kappa shape index (κ3) is 3.72. The zero-order valence-corrected chi connectivity index (χ0v) is 11.2. The van der Waals surface area contributed by atoms with Gasteiger partial charge in [-0.25, -0.2) is 0 Å². The van der Waals surface area contributed by atoms with Crippen LogP contribution in [0.4, 0.5) is 0 Å². The summed E-state index contributed by atoms with van der Waals surface area (Å²) >= 11 is 0. The predicted octanol–water partition coefficient (Wildman–Crippen LogP) is 2.43. The van der Waals surface area contributed by atoms with Crippen LogP contribution < -0.4 is 0 Å². The van der Waals surface area contributed by atoms with Gasteiger partial charge in [-0.3, -0.25) is 0 Å². The van der Waals surface area contributed by atoms with Crippen LogP contribution in [-0.4, -0.2) is 30.2 Å². The Hall–Kier alpha value is -0.120. The largest absolute Gasteiger partial charge is 0.396 e. The third-order valence-corrected chi connectivity index (χ3v) is 3.32. The summed E-state index contributed by atoms with van der Waals surface area (Å²) in [6.07, 6.45) is 1.24. The molecule has 1 aliphatic heterocycles. The first-order valence-corrected chi connectivity index (χ1v) is 6.28. The maximum atomic E-state index is 9.09. The molecule has 1 fully saturated rings. The van der Waals surface area contributed by atoms with E-state index in [0.717, 1.165) is 13.0 Å². The highest BCUT2D eigenvalue weighted by Gasteiger charge is 2.37. The lowest BCUT2D eigenvalue weighted by atomic mass is 9.86. The molecule has 0 unspecified atom stereocenters. The van der Waals surface area contributed by atoms with Crippen molar-refractivity contribution in [3.63, 3.8) is 0 Å². The molecule has 0 radical (unpaired) electrons. The van der Waals surface area contributed by atoms with Crippen molar-refractivity contribution in [3.8, 4) is 0 Å². The van der Waals surface area contributed by atoms with E-state index in [4.69, 9.17) is 14.6 Å². The first-order chi connectivity index (χ1) is 7.35. The van der Waals surface area contributed by atoms with Gasteiger partial charge in [0.1, 0.15) is 0 Å². The van der Waals surface area contributed by atoms with Gasteiger partial charge in [-0.15, -0.1) is 0 Å². The van der Waals surface area contributed by atoms with E-state index in [1.807, 2.05) is 13.8 Å². The van der Waals surface area contributed by atoms with E-state index in [1.165, 1.54) is 0 Å². The summed E-state index contributed by atoms with van der Waals surface area (Å²) in [4.78, 5) is 0. The number of hydrogen-bond donors (Lipinski definition) is 1. The number of rotatable bonds is 4. The highest BCUT2D eigenvalue weighted by atomic mass is 16.7. The van der Waals surface area contributed by atoms with Crippen molar-refractivity contribution in [3.05, 3.63) is 0 Å². The van der Waals surface area contributed by atoms with Crippen LogP contribution >= 0.6 is 0 Å². The average molecular weight is 230 g/mol. The lowest BCUT2D eigenvalue weighted by molar-refractivity contribution is -0.300. The van der Waals surface area contributed by atoms with Crippen LogP contribution in [0.2, 0.25) is 0 Å². The van der Waals surface area contributed by atoms with Crippen LogP contribution in [0.25, 0.3) is 0 Å². The fraction of sp³-hybridized carbons (Fsp3) is 1.00. The molecule has 16 heavy (non-hydrogen) atoms.